The van der Waals surface area contributed by atoms with Gasteiger partial charge in [0, 0.05) is 60.2 Å². The van der Waals surface area contributed by atoms with Gasteiger partial charge in [0.05, 0.1) is 29.7 Å². The Morgan fingerprint density at radius 1 is 0.946 bits per heavy atom. The van der Waals surface area contributed by atoms with Crippen molar-refractivity contribution in [1.29, 1.82) is 0 Å². The van der Waals surface area contributed by atoms with Crippen LogP contribution in [0.25, 0.3) is 33.9 Å². The number of allylic oxidation sites excluding steroid dienone is 2. The van der Waals surface area contributed by atoms with E-state index < -0.39 is 6.03 Å². The zero-order chi connectivity index (χ0) is 39.2. The van der Waals surface area contributed by atoms with Crippen LogP contribution >= 0.6 is 0 Å². The summed E-state index contributed by atoms with van der Waals surface area (Å²) in [5.74, 6) is 2.07. The maximum absolute atomic E-state index is 13.6. The number of rotatable bonds is 12. The van der Waals surface area contributed by atoms with Crippen molar-refractivity contribution in [2.75, 3.05) is 37.2 Å². The summed E-state index contributed by atoms with van der Waals surface area (Å²) in [6, 6.07) is 29.1. The molecule has 0 aliphatic carbocycles. The second-order valence-electron chi connectivity index (χ2n) is 12.7. The average molecular weight is 747 g/mol. The van der Waals surface area contributed by atoms with E-state index in [0.717, 1.165) is 16.8 Å². The van der Waals surface area contributed by atoms with Crippen molar-refractivity contribution in [3.8, 4) is 34.3 Å². The Balaban J connectivity index is 1.11. The molecule has 4 N–H and O–H groups in total. The van der Waals surface area contributed by atoms with Gasteiger partial charge in [-0.25, -0.2) is 14.5 Å². The average Bonchev–Trinajstić information content (AvgIpc) is 3.83. The minimum absolute atomic E-state index is 0.189. The van der Waals surface area contributed by atoms with Gasteiger partial charge in [0.15, 0.2) is 0 Å². The first-order chi connectivity index (χ1) is 27.2. The van der Waals surface area contributed by atoms with Crippen molar-refractivity contribution in [2.45, 2.75) is 6.92 Å². The number of hydrogen-bond donors (Lipinski definition) is 4. The summed E-state index contributed by atoms with van der Waals surface area (Å²) >= 11 is 0. The number of ether oxygens (including phenoxy) is 2. The SMILES string of the molecule is C=CC=Cc1c(NC(=O)Nc2cc(-c3ccccc3)nn2-c2ccc(OC)cc2)ccc(Oc2ccnc(Nc3ccc4n[nH]c(C(=O)N(C)C)c4c3)n2)c1C. The number of fused-ring (bicyclic) bond motifs is 1. The number of methoxy groups -OCH3 is 1. The molecule has 0 atom stereocenters. The van der Waals surface area contributed by atoms with Crippen LogP contribution < -0.4 is 25.4 Å². The van der Waals surface area contributed by atoms with Gasteiger partial charge in [-0.2, -0.15) is 15.2 Å². The van der Waals surface area contributed by atoms with E-state index in [1.165, 1.54) is 4.90 Å². The van der Waals surface area contributed by atoms with Crippen molar-refractivity contribution >= 4 is 52.1 Å². The van der Waals surface area contributed by atoms with Crippen LogP contribution in [0, 0.1) is 6.92 Å². The van der Waals surface area contributed by atoms with E-state index in [4.69, 9.17) is 14.6 Å². The Morgan fingerprint density at radius 2 is 1.75 bits per heavy atom. The second kappa shape index (κ2) is 16.1. The molecule has 0 fully saturated rings. The van der Waals surface area contributed by atoms with E-state index >= 15 is 0 Å². The molecule has 4 aromatic carbocycles. The van der Waals surface area contributed by atoms with Crippen LogP contribution in [0.5, 0.6) is 17.4 Å². The molecule has 0 radical (unpaired) electrons. The first-order valence-corrected chi connectivity index (χ1v) is 17.5. The summed E-state index contributed by atoms with van der Waals surface area (Å²) in [6.45, 7) is 5.70. The predicted molar refractivity (Wildman–Crippen MR) is 218 cm³/mol. The van der Waals surface area contributed by atoms with E-state index in [1.807, 2.05) is 85.8 Å². The number of carbonyl (C=O) groups is 2. The van der Waals surface area contributed by atoms with Crippen molar-refractivity contribution in [2.24, 2.45) is 0 Å². The van der Waals surface area contributed by atoms with E-state index in [1.54, 1.807) is 68.5 Å². The fourth-order valence-electron chi connectivity index (χ4n) is 5.89. The van der Waals surface area contributed by atoms with Gasteiger partial charge in [-0.15, -0.1) is 0 Å². The van der Waals surface area contributed by atoms with Gasteiger partial charge in [0.2, 0.25) is 11.8 Å². The normalized spacial score (nSPS) is 11.0. The molecule has 0 saturated heterocycles. The van der Waals surface area contributed by atoms with Crippen molar-refractivity contribution in [1.82, 2.24) is 34.8 Å². The highest BCUT2D eigenvalue weighted by Gasteiger charge is 2.18. The Hall–Kier alpha value is -7.74. The maximum atomic E-state index is 13.6. The maximum Gasteiger partial charge on any atom is 0.324 e. The Morgan fingerprint density at radius 3 is 2.50 bits per heavy atom. The molecule has 0 aliphatic rings. The van der Waals surface area contributed by atoms with E-state index in [-0.39, 0.29) is 17.7 Å². The number of amides is 3. The lowest BCUT2D eigenvalue weighted by atomic mass is 10.0. The van der Waals surface area contributed by atoms with Gasteiger partial charge in [-0.05, 0) is 61.5 Å². The third kappa shape index (κ3) is 7.94. The zero-order valence-electron chi connectivity index (χ0n) is 31.1. The molecule has 3 amide bonds. The molecular formula is C42H38N10O4. The largest absolute Gasteiger partial charge is 0.497 e. The van der Waals surface area contributed by atoms with Gasteiger partial charge in [0.25, 0.3) is 5.91 Å². The van der Waals surface area contributed by atoms with Gasteiger partial charge in [-0.1, -0.05) is 55.1 Å². The number of nitrogens with zero attached hydrogens (tertiary/aromatic N) is 6. The molecule has 0 unspecified atom stereocenters. The molecule has 7 rings (SSSR count). The highest BCUT2D eigenvalue weighted by molar-refractivity contribution is 6.05. The number of H-pyrrole nitrogens is 1. The smallest absolute Gasteiger partial charge is 0.324 e. The summed E-state index contributed by atoms with van der Waals surface area (Å²) in [5, 5.41) is 21.7. The fraction of sp³-hybridized carbons (Fsp3) is 0.0952. The molecule has 14 heteroatoms. The van der Waals surface area contributed by atoms with Crippen LogP contribution in [0.1, 0.15) is 21.6 Å². The van der Waals surface area contributed by atoms with Gasteiger partial charge >= 0.3 is 6.03 Å². The predicted octanol–water partition coefficient (Wildman–Crippen LogP) is 8.60. The molecule has 3 aromatic heterocycles. The van der Waals surface area contributed by atoms with Gasteiger partial charge in [-0.3, -0.25) is 15.2 Å². The molecule has 0 saturated carbocycles. The summed E-state index contributed by atoms with van der Waals surface area (Å²) in [6.07, 6.45) is 6.85. The number of benzene rings is 4. The molecule has 0 aliphatic heterocycles. The monoisotopic (exact) mass is 746 g/mol. The third-order valence-corrected chi connectivity index (χ3v) is 8.72. The van der Waals surface area contributed by atoms with Crippen LogP contribution in [0.15, 0.2) is 122 Å². The van der Waals surface area contributed by atoms with E-state index in [9.17, 15) is 9.59 Å². The van der Waals surface area contributed by atoms with Gasteiger partial charge < -0.3 is 25.0 Å². The molecular weight excluding hydrogens is 709 g/mol. The van der Waals surface area contributed by atoms with Crippen LogP contribution in [0.3, 0.4) is 0 Å². The molecule has 280 valence electrons. The highest BCUT2D eigenvalue weighted by atomic mass is 16.5. The molecule has 56 heavy (non-hydrogen) atoms. The van der Waals surface area contributed by atoms with Gasteiger partial charge in [0.1, 0.15) is 23.0 Å². The number of carbonyl (C=O) groups excluding carboxylic acids is 2. The number of aromatic amines is 1. The Bertz CT molecular complexity index is 2580. The number of anilines is 4. The van der Waals surface area contributed by atoms with Crippen LogP contribution in [-0.2, 0) is 0 Å². The van der Waals surface area contributed by atoms with Crippen molar-refractivity contribution in [3.63, 3.8) is 0 Å². The highest BCUT2D eigenvalue weighted by Crippen LogP contribution is 2.33. The number of urea groups is 1. The quantitative estimate of drug-likeness (QED) is 0.0897. The summed E-state index contributed by atoms with van der Waals surface area (Å²) in [4.78, 5) is 36.7. The fourth-order valence-corrected chi connectivity index (χ4v) is 5.89. The summed E-state index contributed by atoms with van der Waals surface area (Å²) < 4.78 is 13.3. The molecule has 3 heterocycles. The molecule has 0 spiro atoms. The lowest BCUT2D eigenvalue weighted by molar-refractivity contribution is 0.0823. The van der Waals surface area contributed by atoms with E-state index in [0.29, 0.717) is 56.5 Å². The topological polar surface area (TPSA) is 164 Å². The number of hydrogen-bond acceptors (Lipinski definition) is 9. The second-order valence-corrected chi connectivity index (χ2v) is 12.7. The lowest BCUT2D eigenvalue weighted by Gasteiger charge is -2.16. The zero-order valence-corrected chi connectivity index (χ0v) is 31.1. The first-order valence-electron chi connectivity index (χ1n) is 17.5. The Kier molecular flexibility index (Phi) is 10.5. The van der Waals surface area contributed by atoms with Crippen LogP contribution in [-0.4, -0.2) is 68.0 Å². The number of nitrogens with one attached hydrogen (secondary N) is 4. The number of aromatic nitrogens is 6. The standard InChI is InChI=1S/C42H38N10O4/c1-6-7-13-31-26(2)36(56-38-22-23-43-41(47-38)44-28-14-19-34-32(24-28)39(49-48-34)40(53)51(3)4)21-20-33(31)45-42(54)46-37-25-35(27-11-9-8-10-12-27)50-52(37)29-15-17-30(55-5)18-16-29/h6-25H,1H2,2-5H3,(H,48,49)(H,43,44,47)(H2,45,46,54). The summed E-state index contributed by atoms with van der Waals surface area (Å²) in [5.41, 5.74) is 6.02. The lowest BCUT2D eigenvalue weighted by Crippen LogP contribution is -2.22. The molecule has 14 nitrogen and oxygen atoms in total. The van der Waals surface area contributed by atoms with E-state index in [2.05, 4.69) is 42.7 Å². The van der Waals surface area contributed by atoms with Crippen molar-refractivity contribution < 1.29 is 19.1 Å². The summed E-state index contributed by atoms with van der Waals surface area (Å²) in [7, 11) is 4.97. The van der Waals surface area contributed by atoms with Crippen LogP contribution in [0.4, 0.5) is 27.9 Å². The Labute approximate surface area is 322 Å². The first kappa shape index (κ1) is 36.6. The minimum Gasteiger partial charge on any atom is -0.497 e. The molecule has 0 bridgehead atoms. The minimum atomic E-state index is -0.473. The van der Waals surface area contributed by atoms with Crippen LogP contribution in [0.2, 0.25) is 0 Å². The molecule has 7 aromatic rings. The third-order valence-electron chi connectivity index (χ3n) is 8.72. The van der Waals surface area contributed by atoms with Crippen molar-refractivity contribution in [3.05, 3.63) is 139 Å².